The topological polar surface area (TPSA) is 76.4 Å². The molecular weight excluding hydrogens is 280 g/mol. The van der Waals surface area contributed by atoms with Crippen LogP contribution in [0.25, 0.3) is 0 Å². The van der Waals surface area contributed by atoms with Gasteiger partial charge in [0.15, 0.2) is 0 Å². The van der Waals surface area contributed by atoms with E-state index in [1.807, 2.05) is 36.1 Å². The predicted molar refractivity (Wildman–Crippen MR) is 84.5 cm³/mol. The highest BCUT2D eigenvalue weighted by Gasteiger charge is 2.19. The standard InChI is InChI=1S/C16H20N4O2/c1-12-11-14(18-16(22)5-6-17)3-4-15(12)20-9-7-19(8-10-20)13(2)21/h3-4,11H,5,7-10H2,1-2H3,(H,18,22). The molecule has 0 saturated carbocycles. The molecule has 0 spiro atoms. The third-order valence-corrected chi connectivity index (χ3v) is 3.79. The molecule has 1 aliphatic rings. The van der Waals surface area contributed by atoms with Crippen molar-refractivity contribution in [3.05, 3.63) is 23.8 Å². The summed E-state index contributed by atoms with van der Waals surface area (Å²) in [6, 6.07) is 7.55. The zero-order valence-corrected chi connectivity index (χ0v) is 12.9. The number of rotatable bonds is 3. The number of amides is 2. The zero-order valence-electron chi connectivity index (χ0n) is 12.9. The average molecular weight is 300 g/mol. The monoisotopic (exact) mass is 300 g/mol. The van der Waals surface area contributed by atoms with Gasteiger partial charge in [-0.3, -0.25) is 9.59 Å². The Bertz CT molecular complexity index is 613. The summed E-state index contributed by atoms with van der Waals surface area (Å²) in [7, 11) is 0. The van der Waals surface area contributed by atoms with E-state index in [4.69, 9.17) is 5.26 Å². The van der Waals surface area contributed by atoms with E-state index in [1.54, 1.807) is 6.92 Å². The van der Waals surface area contributed by atoms with E-state index >= 15 is 0 Å². The lowest BCUT2D eigenvalue weighted by atomic mass is 10.1. The van der Waals surface area contributed by atoms with Crippen molar-refractivity contribution in [2.45, 2.75) is 20.3 Å². The molecule has 1 saturated heterocycles. The lowest BCUT2D eigenvalue weighted by Crippen LogP contribution is -2.48. The van der Waals surface area contributed by atoms with Crippen LogP contribution in [0, 0.1) is 18.3 Å². The molecule has 6 heteroatoms. The van der Waals surface area contributed by atoms with E-state index < -0.39 is 0 Å². The van der Waals surface area contributed by atoms with Crippen LogP contribution in [0.2, 0.25) is 0 Å². The smallest absolute Gasteiger partial charge is 0.238 e. The number of nitrogens with one attached hydrogen (secondary N) is 1. The summed E-state index contributed by atoms with van der Waals surface area (Å²) in [5.74, 6) is -0.184. The molecule has 0 aromatic heterocycles. The van der Waals surface area contributed by atoms with Crippen LogP contribution in [-0.4, -0.2) is 42.9 Å². The summed E-state index contributed by atoms with van der Waals surface area (Å²) in [5, 5.41) is 11.2. The molecular formula is C16H20N4O2. The minimum absolute atomic E-state index is 0.118. The molecule has 0 atom stereocenters. The number of benzene rings is 1. The first-order valence-corrected chi connectivity index (χ1v) is 7.29. The summed E-state index contributed by atoms with van der Waals surface area (Å²) in [5.41, 5.74) is 2.87. The fourth-order valence-corrected chi connectivity index (χ4v) is 2.63. The van der Waals surface area contributed by atoms with Crippen molar-refractivity contribution in [1.82, 2.24) is 4.90 Å². The van der Waals surface area contributed by atoms with Gasteiger partial charge in [0.25, 0.3) is 0 Å². The van der Waals surface area contributed by atoms with Crippen molar-refractivity contribution in [2.75, 3.05) is 36.4 Å². The molecule has 2 rings (SSSR count). The Labute approximate surface area is 130 Å². The maximum atomic E-state index is 11.4. The van der Waals surface area contributed by atoms with Gasteiger partial charge in [0, 0.05) is 44.5 Å². The first kappa shape index (κ1) is 15.8. The zero-order chi connectivity index (χ0) is 16.1. The van der Waals surface area contributed by atoms with Crippen molar-refractivity contribution in [3.8, 4) is 6.07 Å². The molecule has 1 heterocycles. The first-order chi connectivity index (χ1) is 10.5. The van der Waals surface area contributed by atoms with Crippen LogP contribution >= 0.6 is 0 Å². The van der Waals surface area contributed by atoms with Gasteiger partial charge in [-0.15, -0.1) is 0 Å². The number of hydrogen-bond donors (Lipinski definition) is 1. The van der Waals surface area contributed by atoms with Crippen molar-refractivity contribution in [1.29, 1.82) is 5.26 Å². The van der Waals surface area contributed by atoms with Gasteiger partial charge in [0.1, 0.15) is 6.42 Å². The van der Waals surface area contributed by atoms with Crippen LogP contribution in [0.3, 0.4) is 0 Å². The Morgan fingerprint density at radius 3 is 2.50 bits per heavy atom. The summed E-state index contributed by atoms with van der Waals surface area (Å²) in [4.78, 5) is 26.9. The summed E-state index contributed by atoms with van der Waals surface area (Å²) < 4.78 is 0. The fourth-order valence-electron chi connectivity index (χ4n) is 2.63. The Kier molecular flexibility index (Phi) is 4.99. The van der Waals surface area contributed by atoms with Gasteiger partial charge in [0.05, 0.1) is 6.07 Å². The van der Waals surface area contributed by atoms with Gasteiger partial charge in [-0.1, -0.05) is 0 Å². The second-order valence-corrected chi connectivity index (χ2v) is 5.38. The van der Waals surface area contributed by atoms with Gasteiger partial charge in [0.2, 0.25) is 11.8 Å². The number of aryl methyl sites for hydroxylation is 1. The van der Waals surface area contributed by atoms with E-state index in [0.717, 1.165) is 37.4 Å². The summed E-state index contributed by atoms with van der Waals surface area (Å²) in [6.45, 7) is 6.66. The number of anilines is 2. The summed E-state index contributed by atoms with van der Waals surface area (Å²) >= 11 is 0. The Morgan fingerprint density at radius 1 is 1.27 bits per heavy atom. The van der Waals surface area contributed by atoms with Crippen LogP contribution in [0.1, 0.15) is 18.9 Å². The van der Waals surface area contributed by atoms with Crippen LogP contribution < -0.4 is 10.2 Å². The van der Waals surface area contributed by atoms with E-state index in [0.29, 0.717) is 5.69 Å². The third-order valence-electron chi connectivity index (χ3n) is 3.79. The molecule has 0 aliphatic carbocycles. The van der Waals surface area contributed by atoms with E-state index in [2.05, 4.69) is 10.2 Å². The molecule has 1 aliphatic heterocycles. The highest BCUT2D eigenvalue weighted by molar-refractivity contribution is 5.92. The van der Waals surface area contributed by atoms with Crippen LogP contribution in [0.5, 0.6) is 0 Å². The normalized spacial score (nSPS) is 14.4. The molecule has 0 radical (unpaired) electrons. The largest absolute Gasteiger partial charge is 0.368 e. The van der Waals surface area contributed by atoms with E-state index in [9.17, 15) is 9.59 Å². The van der Waals surface area contributed by atoms with Gasteiger partial charge < -0.3 is 15.1 Å². The van der Waals surface area contributed by atoms with Crippen molar-refractivity contribution in [3.63, 3.8) is 0 Å². The lowest BCUT2D eigenvalue weighted by molar-refractivity contribution is -0.129. The quantitative estimate of drug-likeness (QED) is 0.918. The van der Waals surface area contributed by atoms with Gasteiger partial charge in [-0.05, 0) is 30.7 Å². The molecule has 1 N–H and O–H groups in total. The molecule has 1 aromatic carbocycles. The molecule has 1 fully saturated rings. The van der Waals surface area contributed by atoms with Crippen LogP contribution in [0.15, 0.2) is 18.2 Å². The Hall–Kier alpha value is -2.55. The molecule has 0 unspecified atom stereocenters. The highest BCUT2D eigenvalue weighted by Crippen LogP contribution is 2.24. The molecule has 22 heavy (non-hydrogen) atoms. The second kappa shape index (κ2) is 6.94. The number of nitrogens with zero attached hydrogens (tertiary/aromatic N) is 3. The first-order valence-electron chi connectivity index (χ1n) is 7.29. The maximum absolute atomic E-state index is 11.4. The van der Waals surface area contributed by atoms with E-state index in [1.165, 1.54) is 0 Å². The maximum Gasteiger partial charge on any atom is 0.238 e. The number of piperazine rings is 1. The lowest BCUT2D eigenvalue weighted by Gasteiger charge is -2.36. The fraction of sp³-hybridized carbons (Fsp3) is 0.438. The minimum Gasteiger partial charge on any atom is -0.368 e. The minimum atomic E-state index is -0.301. The predicted octanol–water partition coefficient (Wildman–Crippen LogP) is 1.52. The SMILES string of the molecule is CC(=O)N1CCN(c2ccc(NC(=O)CC#N)cc2C)CC1. The Morgan fingerprint density at radius 2 is 1.95 bits per heavy atom. The number of carbonyl (C=O) groups excluding carboxylic acids is 2. The molecule has 0 bridgehead atoms. The second-order valence-electron chi connectivity index (χ2n) is 5.38. The van der Waals surface area contributed by atoms with Gasteiger partial charge in [-0.2, -0.15) is 5.26 Å². The van der Waals surface area contributed by atoms with Gasteiger partial charge >= 0.3 is 0 Å². The molecule has 1 aromatic rings. The number of nitriles is 1. The molecule has 116 valence electrons. The Balaban J connectivity index is 2.03. The van der Waals surface area contributed by atoms with E-state index in [-0.39, 0.29) is 18.2 Å². The molecule has 2 amide bonds. The van der Waals surface area contributed by atoms with Crippen LogP contribution in [0.4, 0.5) is 11.4 Å². The summed E-state index contributed by atoms with van der Waals surface area (Å²) in [6.07, 6.45) is -0.145. The number of hydrogen-bond acceptors (Lipinski definition) is 4. The van der Waals surface area contributed by atoms with Crippen molar-refractivity contribution < 1.29 is 9.59 Å². The van der Waals surface area contributed by atoms with Gasteiger partial charge in [-0.25, -0.2) is 0 Å². The van der Waals surface area contributed by atoms with Crippen molar-refractivity contribution >= 4 is 23.2 Å². The van der Waals surface area contributed by atoms with Crippen LogP contribution in [-0.2, 0) is 9.59 Å². The third kappa shape index (κ3) is 3.76. The highest BCUT2D eigenvalue weighted by atomic mass is 16.2. The van der Waals surface area contributed by atoms with Crippen molar-refractivity contribution in [2.24, 2.45) is 0 Å². The number of carbonyl (C=O) groups is 2. The molecule has 6 nitrogen and oxygen atoms in total. The average Bonchev–Trinajstić information content (AvgIpc) is 2.47.